The van der Waals surface area contributed by atoms with Gasteiger partial charge >= 0.3 is 0 Å². The van der Waals surface area contributed by atoms with Gasteiger partial charge in [-0.05, 0) is 35.4 Å². The van der Waals surface area contributed by atoms with Crippen LogP contribution in [0.15, 0.2) is 58.1 Å². The Morgan fingerprint density at radius 1 is 1.16 bits per heavy atom. The smallest absolute Gasteiger partial charge is 0.175 e. The van der Waals surface area contributed by atoms with E-state index in [0.717, 1.165) is 16.7 Å². The first-order valence-electron chi connectivity index (χ1n) is 7.45. The van der Waals surface area contributed by atoms with Crippen LogP contribution in [-0.4, -0.2) is 26.9 Å². The molecule has 0 saturated heterocycles. The van der Waals surface area contributed by atoms with Gasteiger partial charge in [0.2, 0.25) is 0 Å². The molecule has 0 bridgehead atoms. The number of benzene rings is 2. The van der Waals surface area contributed by atoms with E-state index in [0.29, 0.717) is 23.0 Å². The molecular weight excluding hydrogens is 362 g/mol. The Bertz CT molecular complexity index is 994. The lowest BCUT2D eigenvalue weighted by Crippen LogP contribution is -1.96. The zero-order valence-electron chi connectivity index (χ0n) is 13.7. The second-order valence-corrected chi connectivity index (χ2v) is 8.03. The van der Waals surface area contributed by atoms with Crippen molar-refractivity contribution in [3.8, 4) is 16.9 Å². The minimum absolute atomic E-state index is 0.274. The minimum Gasteiger partial charge on any atom is -0.495 e. The highest BCUT2D eigenvalue weighted by molar-refractivity contribution is 7.90. The van der Waals surface area contributed by atoms with E-state index in [9.17, 15) is 8.42 Å². The molecule has 0 aliphatic heterocycles. The van der Waals surface area contributed by atoms with Crippen LogP contribution in [0.5, 0.6) is 5.75 Å². The molecule has 0 amide bonds. The lowest BCUT2D eigenvalue weighted by Gasteiger charge is -2.06. The topological polar surface area (TPSA) is 69.4 Å². The number of halogens is 1. The van der Waals surface area contributed by atoms with E-state index in [1.54, 1.807) is 43.6 Å². The van der Waals surface area contributed by atoms with Gasteiger partial charge in [0.05, 0.1) is 23.2 Å². The zero-order chi connectivity index (χ0) is 18.0. The summed E-state index contributed by atoms with van der Waals surface area (Å²) in [4.78, 5) is 0.274. The maximum absolute atomic E-state index is 11.6. The molecule has 7 heteroatoms. The van der Waals surface area contributed by atoms with Gasteiger partial charge in [0.1, 0.15) is 11.5 Å². The lowest BCUT2D eigenvalue weighted by atomic mass is 10.0. The number of hydrogen-bond donors (Lipinski definition) is 0. The number of hydrogen-bond acceptors (Lipinski definition) is 5. The largest absolute Gasteiger partial charge is 0.495 e. The molecule has 0 aliphatic rings. The summed E-state index contributed by atoms with van der Waals surface area (Å²) >= 11 is 6.16. The molecule has 25 heavy (non-hydrogen) atoms. The van der Waals surface area contributed by atoms with Crippen LogP contribution in [-0.2, 0) is 16.3 Å². The maximum atomic E-state index is 11.6. The van der Waals surface area contributed by atoms with E-state index in [4.69, 9.17) is 20.9 Å². The van der Waals surface area contributed by atoms with Gasteiger partial charge in [0, 0.05) is 18.2 Å². The quantitative estimate of drug-likeness (QED) is 0.672. The average Bonchev–Trinajstić information content (AvgIpc) is 3.02. The molecule has 2 aromatic carbocycles. The Labute approximate surface area is 151 Å². The van der Waals surface area contributed by atoms with Crippen molar-refractivity contribution in [3.05, 3.63) is 65.0 Å². The van der Waals surface area contributed by atoms with Crippen LogP contribution in [0.1, 0.15) is 11.3 Å². The number of sulfone groups is 1. The standard InChI is InChI=1S/C18H16ClNO4S/c1-23-17-8-3-12(9-16(17)19)10-18-15(11-20-24-18)13-4-6-14(7-5-13)25(2,21)22/h3-9,11H,10H2,1-2H3. The summed E-state index contributed by atoms with van der Waals surface area (Å²) in [6.07, 6.45) is 3.31. The van der Waals surface area contributed by atoms with Crippen LogP contribution in [0.3, 0.4) is 0 Å². The van der Waals surface area contributed by atoms with Gasteiger partial charge in [-0.1, -0.05) is 35.0 Å². The molecule has 3 aromatic rings. The summed E-state index contributed by atoms with van der Waals surface area (Å²) < 4.78 is 33.7. The van der Waals surface area contributed by atoms with Crippen molar-refractivity contribution in [2.75, 3.05) is 13.4 Å². The molecule has 0 spiro atoms. The van der Waals surface area contributed by atoms with Gasteiger partial charge in [-0.2, -0.15) is 0 Å². The highest BCUT2D eigenvalue weighted by Crippen LogP contribution is 2.29. The van der Waals surface area contributed by atoms with E-state index >= 15 is 0 Å². The Morgan fingerprint density at radius 3 is 2.48 bits per heavy atom. The highest BCUT2D eigenvalue weighted by Gasteiger charge is 2.14. The molecule has 1 aromatic heterocycles. The van der Waals surface area contributed by atoms with Crippen LogP contribution in [0.2, 0.25) is 5.02 Å². The normalized spacial score (nSPS) is 11.5. The number of aromatic nitrogens is 1. The summed E-state index contributed by atoms with van der Waals surface area (Å²) in [6, 6.07) is 12.2. The molecule has 0 saturated carbocycles. The predicted molar refractivity (Wildman–Crippen MR) is 95.9 cm³/mol. The third kappa shape index (κ3) is 3.86. The molecule has 0 unspecified atom stereocenters. The summed E-state index contributed by atoms with van der Waals surface area (Å²) in [7, 11) is -1.66. The van der Waals surface area contributed by atoms with Crippen LogP contribution >= 0.6 is 11.6 Å². The van der Waals surface area contributed by atoms with E-state index in [1.165, 1.54) is 6.26 Å². The van der Waals surface area contributed by atoms with E-state index in [2.05, 4.69) is 5.16 Å². The van der Waals surface area contributed by atoms with Crippen molar-refractivity contribution in [2.24, 2.45) is 0 Å². The molecule has 5 nitrogen and oxygen atoms in total. The molecule has 130 valence electrons. The molecule has 3 rings (SSSR count). The summed E-state index contributed by atoms with van der Waals surface area (Å²) in [5, 5.41) is 4.40. The Balaban J connectivity index is 1.89. The lowest BCUT2D eigenvalue weighted by molar-refractivity contribution is 0.390. The zero-order valence-corrected chi connectivity index (χ0v) is 15.3. The molecule has 0 N–H and O–H groups in total. The van der Waals surface area contributed by atoms with E-state index in [1.807, 2.05) is 12.1 Å². The Morgan fingerprint density at radius 2 is 1.88 bits per heavy atom. The molecule has 1 heterocycles. The first-order valence-corrected chi connectivity index (χ1v) is 9.72. The molecule has 0 aliphatic carbocycles. The second kappa shape index (κ2) is 6.90. The molecule has 0 fully saturated rings. The third-order valence-electron chi connectivity index (χ3n) is 3.82. The van der Waals surface area contributed by atoms with Gasteiger partial charge < -0.3 is 9.26 Å². The van der Waals surface area contributed by atoms with Gasteiger partial charge in [-0.15, -0.1) is 0 Å². The van der Waals surface area contributed by atoms with E-state index in [-0.39, 0.29) is 4.90 Å². The second-order valence-electron chi connectivity index (χ2n) is 5.60. The van der Waals surface area contributed by atoms with Crippen molar-refractivity contribution in [2.45, 2.75) is 11.3 Å². The predicted octanol–water partition coefficient (Wildman–Crippen LogP) is 4.00. The number of methoxy groups -OCH3 is 1. The van der Waals surface area contributed by atoms with Crippen molar-refractivity contribution in [1.29, 1.82) is 0 Å². The molecule has 0 radical (unpaired) electrons. The fourth-order valence-corrected chi connectivity index (χ4v) is 3.42. The SMILES string of the molecule is COc1ccc(Cc2oncc2-c2ccc(S(C)(=O)=O)cc2)cc1Cl. The monoisotopic (exact) mass is 377 g/mol. The fourth-order valence-electron chi connectivity index (χ4n) is 2.51. The van der Waals surface area contributed by atoms with Crippen LogP contribution in [0, 0.1) is 0 Å². The molecular formula is C18H16ClNO4S. The van der Waals surface area contributed by atoms with Gasteiger partial charge in [0.15, 0.2) is 9.84 Å². The van der Waals surface area contributed by atoms with Crippen LogP contribution < -0.4 is 4.74 Å². The van der Waals surface area contributed by atoms with Crippen LogP contribution in [0.25, 0.3) is 11.1 Å². The van der Waals surface area contributed by atoms with Crippen molar-refractivity contribution in [3.63, 3.8) is 0 Å². The van der Waals surface area contributed by atoms with Crippen LogP contribution in [0.4, 0.5) is 0 Å². The average molecular weight is 378 g/mol. The Hall–Kier alpha value is -2.31. The fraction of sp³-hybridized carbons (Fsp3) is 0.167. The minimum atomic E-state index is -3.22. The van der Waals surface area contributed by atoms with Crippen molar-refractivity contribution < 1.29 is 17.7 Å². The van der Waals surface area contributed by atoms with Crippen molar-refractivity contribution in [1.82, 2.24) is 5.16 Å². The summed E-state index contributed by atoms with van der Waals surface area (Å²) in [5.41, 5.74) is 2.60. The van der Waals surface area contributed by atoms with E-state index < -0.39 is 9.84 Å². The van der Waals surface area contributed by atoms with Gasteiger partial charge in [-0.25, -0.2) is 8.42 Å². The maximum Gasteiger partial charge on any atom is 0.175 e. The first-order chi connectivity index (χ1) is 11.9. The summed E-state index contributed by atoms with van der Waals surface area (Å²) in [6.45, 7) is 0. The number of nitrogens with zero attached hydrogens (tertiary/aromatic N) is 1. The number of ether oxygens (including phenoxy) is 1. The molecule has 0 atom stereocenters. The Kier molecular flexibility index (Phi) is 4.83. The highest BCUT2D eigenvalue weighted by atomic mass is 35.5. The van der Waals surface area contributed by atoms with Gasteiger partial charge in [0.25, 0.3) is 0 Å². The third-order valence-corrected chi connectivity index (χ3v) is 5.24. The first kappa shape index (κ1) is 17.5. The number of rotatable bonds is 5. The summed E-state index contributed by atoms with van der Waals surface area (Å²) in [5.74, 6) is 1.29. The van der Waals surface area contributed by atoms with Crippen molar-refractivity contribution >= 4 is 21.4 Å². The van der Waals surface area contributed by atoms with Gasteiger partial charge in [-0.3, -0.25) is 0 Å².